The van der Waals surface area contributed by atoms with E-state index in [0.717, 1.165) is 32.1 Å². The van der Waals surface area contributed by atoms with Gasteiger partial charge in [-0.3, -0.25) is 0 Å². The van der Waals surface area contributed by atoms with Gasteiger partial charge in [0.1, 0.15) is 0 Å². The van der Waals surface area contributed by atoms with Crippen molar-refractivity contribution >= 4 is 11.6 Å². The molecule has 0 aliphatic heterocycles. The van der Waals surface area contributed by atoms with Crippen LogP contribution in [0.25, 0.3) is 0 Å². The fraction of sp³-hybridized carbons (Fsp3) is 1.00. The van der Waals surface area contributed by atoms with E-state index in [1.807, 2.05) is 0 Å². The van der Waals surface area contributed by atoms with E-state index in [9.17, 15) is 13.2 Å². The third kappa shape index (κ3) is 12.1. The zero-order chi connectivity index (χ0) is 10.9. The summed E-state index contributed by atoms with van der Waals surface area (Å²) in [7, 11) is 0. The van der Waals surface area contributed by atoms with Crippen LogP contribution in [0.15, 0.2) is 0 Å². The predicted molar refractivity (Wildman–Crippen MR) is 53.7 cm³/mol. The second-order valence-corrected chi connectivity index (χ2v) is 3.91. The van der Waals surface area contributed by atoms with E-state index < -0.39 is 12.6 Å². The lowest BCUT2D eigenvalue weighted by Gasteiger charge is -2.05. The first-order valence-electron chi connectivity index (χ1n) is 5.19. The smallest absolute Gasteiger partial charge is 0.171 e. The topological polar surface area (TPSA) is 0 Å². The van der Waals surface area contributed by atoms with Gasteiger partial charge in [0.05, 0.1) is 0 Å². The Morgan fingerprint density at radius 1 is 0.714 bits per heavy atom. The number of unbranched alkanes of at least 4 members (excludes halogenated alkanes) is 6. The van der Waals surface area contributed by atoms with Crippen LogP contribution in [-0.4, -0.2) is 12.1 Å². The molecule has 14 heavy (non-hydrogen) atoms. The van der Waals surface area contributed by atoms with Gasteiger partial charge in [-0.25, -0.2) is 0 Å². The van der Waals surface area contributed by atoms with Gasteiger partial charge < -0.3 is 0 Å². The van der Waals surface area contributed by atoms with E-state index in [1.54, 1.807) is 0 Å². The fourth-order valence-corrected chi connectivity index (χ4v) is 1.49. The molecule has 0 aromatic heterocycles. The second kappa shape index (κ2) is 8.39. The summed E-state index contributed by atoms with van der Waals surface area (Å²) in [5.41, 5.74) is 0. The summed E-state index contributed by atoms with van der Waals surface area (Å²) in [5, 5.41) is 0. The van der Waals surface area contributed by atoms with Gasteiger partial charge in [-0.15, -0.1) is 11.6 Å². The molecule has 0 saturated carbocycles. The van der Waals surface area contributed by atoms with E-state index in [2.05, 4.69) is 0 Å². The molecule has 4 heteroatoms. The lowest BCUT2D eigenvalue weighted by atomic mass is 10.1. The first kappa shape index (κ1) is 14.1. The second-order valence-electron chi connectivity index (χ2n) is 3.53. The largest absolute Gasteiger partial charge is 0.389 e. The van der Waals surface area contributed by atoms with Crippen LogP contribution in [0.5, 0.6) is 0 Å². The quantitative estimate of drug-likeness (QED) is 0.411. The highest BCUT2D eigenvalue weighted by Gasteiger charge is 2.25. The Labute approximate surface area is 88.8 Å². The molecule has 0 aliphatic carbocycles. The normalized spacial score (nSPS) is 12.0. The van der Waals surface area contributed by atoms with Crippen molar-refractivity contribution in [3.8, 4) is 0 Å². The summed E-state index contributed by atoms with van der Waals surface area (Å²) in [6, 6.07) is 0. The first-order chi connectivity index (χ1) is 6.56. The summed E-state index contributed by atoms with van der Waals surface area (Å²) in [6.45, 7) is 0. The van der Waals surface area contributed by atoms with Crippen LogP contribution in [0.4, 0.5) is 13.2 Å². The Balaban J connectivity index is 2.99. The average Bonchev–Trinajstić information content (AvgIpc) is 2.08. The highest BCUT2D eigenvalue weighted by atomic mass is 35.5. The van der Waals surface area contributed by atoms with Gasteiger partial charge in [0.25, 0.3) is 0 Å². The van der Waals surface area contributed by atoms with E-state index in [0.29, 0.717) is 12.3 Å². The lowest BCUT2D eigenvalue weighted by molar-refractivity contribution is -0.135. The van der Waals surface area contributed by atoms with E-state index in [-0.39, 0.29) is 6.42 Å². The Hall–Kier alpha value is 0.0800. The van der Waals surface area contributed by atoms with Gasteiger partial charge in [0.2, 0.25) is 0 Å². The molecule has 0 nitrogen and oxygen atoms in total. The maximum absolute atomic E-state index is 11.7. The molecule has 0 amide bonds. The maximum Gasteiger partial charge on any atom is 0.389 e. The number of hydrogen-bond acceptors (Lipinski definition) is 0. The molecule has 0 fully saturated rings. The molecule has 0 aromatic carbocycles. The minimum absolute atomic E-state index is 0.277. The zero-order valence-electron chi connectivity index (χ0n) is 8.38. The Kier molecular flexibility index (Phi) is 8.44. The molecule has 0 aromatic rings. The Morgan fingerprint density at radius 2 is 1.14 bits per heavy atom. The van der Waals surface area contributed by atoms with Crippen molar-refractivity contribution in [3.63, 3.8) is 0 Å². The van der Waals surface area contributed by atoms with Gasteiger partial charge in [-0.05, 0) is 12.8 Å². The number of hydrogen-bond donors (Lipinski definition) is 0. The third-order valence-corrected chi connectivity index (χ3v) is 2.36. The maximum atomic E-state index is 11.7. The molecule has 0 radical (unpaired) electrons. The van der Waals surface area contributed by atoms with Crippen LogP contribution < -0.4 is 0 Å². The van der Waals surface area contributed by atoms with Crippen LogP contribution in [-0.2, 0) is 0 Å². The zero-order valence-corrected chi connectivity index (χ0v) is 9.13. The van der Waals surface area contributed by atoms with Crippen LogP contribution in [0.3, 0.4) is 0 Å². The van der Waals surface area contributed by atoms with E-state index >= 15 is 0 Å². The summed E-state index contributed by atoms with van der Waals surface area (Å²) in [4.78, 5) is 0. The molecule has 0 bridgehead atoms. The SMILES string of the molecule is FC(F)(F)CCCCCCCCCCl. The van der Waals surface area contributed by atoms with Crippen molar-refractivity contribution in [3.05, 3.63) is 0 Å². The van der Waals surface area contributed by atoms with Crippen molar-refractivity contribution in [1.29, 1.82) is 0 Å². The minimum atomic E-state index is -3.97. The summed E-state index contributed by atoms with van der Waals surface area (Å²) >= 11 is 5.49. The summed E-state index contributed by atoms with van der Waals surface area (Å²) in [5.74, 6) is 0.689. The highest BCUT2D eigenvalue weighted by Crippen LogP contribution is 2.23. The monoisotopic (exact) mass is 230 g/mol. The van der Waals surface area contributed by atoms with Crippen LogP contribution in [0.1, 0.15) is 51.4 Å². The highest BCUT2D eigenvalue weighted by molar-refractivity contribution is 6.17. The standard InChI is InChI=1S/C10H18ClF3/c11-9-7-5-3-1-2-4-6-8-10(12,13)14/h1-9H2. The molecule has 0 heterocycles. The van der Waals surface area contributed by atoms with Gasteiger partial charge >= 0.3 is 6.18 Å². The van der Waals surface area contributed by atoms with Crippen LogP contribution >= 0.6 is 11.6 Å². The molecular formula is C10H18ClF3. The van der Waals surface area contributed by atoms with Gasteiger partial charge in [-0.2, -0.15) is 13.2 Å². The molecule has 0 spiro atoms. The first-order valence-corrected chi connectivity index (χ1v) is 5.72. The lowest BCUT2D eigenvalue weighted by Crippen LogP contribution is -2.06. The van der Waals surface area contributed by atoms with Crippen LogP contribution in [0, 0.1) is 0 Å². The molecule has 0 atom stereocenters. The van der Waals surface area contributed by atoms with Crippen molar-refractivity contribution in [2.45, 2.75) is 57.5 Å². The third-order valence-electron chi connectivity index (χ3n) is 2.09. The molecule has 86 valence electrons. The van der Waals surface area contributed by atoms with Gasteiger partial charge in [0.15, 0.2) is 0 Å². The van der Waals surface area contributed by atoms with Crippen molar-refractivity contribution in [2.75, 3.05) is 5.88 Å². The molecule has 0 rings (SSSR count). The number of rotatable bonds is 8. The van der Waals surface area contributed by atoms with Crippen molar-refractivity contribution in [1.82, 2.24) is 0 Å². The molecule has 0 aliphatic rings. The average molecular weight is 231 g/mol. The van der Waals surface area contributed by atoms with Crippen molar-refractivity contribution in [2.24, 2.45) is 0 Å². The Morgan fingerprint density at radius 3 is 1.57 bits per heavy atom. The molecular weight excluding hydrogens is 213 g/mol. The minimum Gasteiger partial charge on any atom is -0.171 e. The summed E-state index contributed by atoms with van der Waals surface area (Å²) < 4.78 is 35.2. The molecule has 0 unspecified atom stereocenters. The van der Waals surface area contributed by atoms with Crippen molar-refractivity contribution < 1.29 is 13.2 Å². The van der Waals surface area contributed by atoms with Gasteiger partial charge in [-0.1, -0.05) is 32.1 Å². The molecule has 0 N–H and O–H groups in total. The number of alkyl halides is 4. The Bertz CT molecular complexity index is 123. The van der Waals surface area contributed by atoms with Gasteiger partial charge in [0, 0.05) is 12.3 Å². The van der Waals surface area contributed by atoms with E-state index in [4.69, 9.17) is 11.6 Å². The molecule has 0 saturated heterocycles. The fourth-order valence-electron chi connectivity index (χ4n) is 1.30. The number of halogens is 4. The summed E-state index contributed by atoms with van der Waals surface area (Å²) in [6.07, 6.45) is 1.53. The van der Waals surface area contributed by atoms with Crippen LogP contribution in [0.2, 0.25) is 0 Å². The van der Waals surface area contributed by atoms with E-state index in [1.165, 1.54) is 0 Å². The predicted octanol–water partition coefficient (Wildman–Crippen LogP) is 4.91.